The second kappa shape index (κ2) is 3.14. The number of aromatic amines is 1. The fourth-order valence-electron chi connectivity index (χ4n) is 1.30. The van der Waals surface area contributed by atoms with Gasteiger partial charge in [0.25, 0.3) is 0 Å². The standard InChI is InChI=1S/C9H9FN2O/c10-7-3-6-4-8(1-2-13)12-9(6)11-5-7/h3-5,13H,1-2H2,(H,11,12). The molecule has 13 heavy (non-hydrogen) atoms. The lowest BCUT2D eigenvalue weighted by molar-refractivity contribution is 0.298. The summed E-state index contributed by atoms with van der Waals surface area (Å²) in [6.07, 6.45) is 1.71. The van der Waals surface area contributed by atoms with Crippen molar-refractivity contribution < 1.29 is 9.50 Å². The number of nitrogens with one attached hydrogen (secondary N) is 1. The van der Waals surface area contributed by atoms with Crippen LogP contribution >= 0.6 is 0 Å². The second-order valence-electron chi connectivity index (χ2n) is 2.86. The van der Waals surface area contributed by atoms with Crippen LogP contribution in [-0.2, 0) is 6.42 Å². The van der Waals surface area contributed by atoms with Crippen molar-refractivity contribution in [1.29, 1.82) is 0 Å². The minimum Gasteiger partial charge on any atom is -0.396 e. The molecule has 0 aromatic carbocycles. The highest BCUT2D eigenvalue weighted by atomic mass is 19.1. The summed E-state index contributed by atoms with van der Waals surface area (Å²) >= 11 is 0. The van der Waals surface area contributed by atoms with Gasteiger partial charge in [-0.1, -0.05) is 0 Å². The Morgan fingerprint density at radius 3 is 3.08 bits per heavy atom. The highest BCUT2D eigenvalue weighted by Crippen LogP contribution is 2.14. The van der Waals surface area contributed by atoms with Gasteiger partial charge in [0.1, 0.15) is 11.5 Å². The number of fused-ring (bicyclic) bond motifs is 1. The number of aromatic nitrogens is 2. The smallest absolute Gasteiger partial charge is 0.142 e. The van der Waals surface area contributed by atoms with Gasteiger partial charge in [0.15, 0.2) is 0 Å². The lowest BCUT2D eigenvalue weighted by atomic mass is 10.3. The fourth-order valence-corrected chi connectivity index (χ4v) is 1.30. The average molecular weight is 180 g/mol. The normalized spacial score (nSPS) is 10.9. The summed E-state index contributed by atoms with van der Waals surface area (Å²) in [5, 5.41) is 9.42. The Balaban J connectivity index is 2.49. The van der Waals surface area contributed by atoms with E-state index in [4.69, 9.17) is 5.11 Å². The summed E-state index contributed by atoms with van der Waals surface area (Å²) in [7, 11) is 0. The molecule has 0 saturated heterocycles. The SMILES string of the molecule is OCCc1cc2cc(F)cnc2[nH]1. The zero-order valence-electron chi connectivity index (χ0n) is 6.92. The summed E-state index contributed by atoms with van der Waals surface area (Å²) < 4.78 is 12.7. The van der Waals surface area contributed by atoms with E-state index in [-0.39, 0.29) is 12.4 Å². The van der Waals surface area contributed by atoms with Gasteiger partial charge in [-0.3, -0.25) is 0 Å². The van der Waals surface area contributed by atoms with Crippen molar-refractivity contribution in [1.82, 2.24) is 9.97 Å². The van der Waals surface area contributed by atoms with E-state index in [1.807, 2.05) is 0 Å². The van der Waals surface area contributed by atoms with Crippen molar-refractivity contribution in [2.75, 3.05) is 6.61 Å². The maximum atomic E-state index is 12.7. The van der Waals surface area contributed by atoms with E-state index in [9.17, 15) is 4.39 Å². The van der Waals surface area contributed by atoms with E-state index < -0.39 is 0 Å². The Morgan fingerprint density at radius 2 is 2.31 bits per heavy atom. The van der Waals surface area contributed by atoms with Crippen molar-refractivity contribution in [3.8, 4) is 0 Å². The third kappa shape index (κ3) is 1.53. The molecule has 0 bridgehead atoms. The Hall–Kier alpha value is -1.42. The summed E-state index contributed by atoms with van der Waals surface area (Å²) in [5.41, 5.74) is 1.53. The molecule has 3 nitrogen and oxygen atoms in total. The van der Waals surface area contributed by atoms with Crippen LogP contribution in [-0.4, -0.2) is 21.7 Å². The van der Waals surface area contributed by atoms with Crippen LogP contribution in [0.3, 0.4) is 0 Å². The van der Waals surface area contributed by atoms with Crippen LogP contribution in [0.2, 0.25) is 0 Å². The van der Waals surface area contributed by atoms with E-state index in [1.54, 1.807) is 6.07 Å². The molecule has 2 aromatic rings. The molecule has 0 aliphatic heterocycles. The van der Waals surface area contributed by atoms with Crippen molar-refractivity contribution in [3.05, 3.63) is 29.8 Å². The third-order valence-corrected chi connectivity index (χ3v) is 1.87. The van der Waals surface area contributed by atoms with Crippen LogP contribution in [0.5, 0.6) is 0 Å². The Morgan fingerprint density at radius 1 is 1.46 bits per heavy atom. The predicted molar refractivity (Wildman–Crippen MR) is 46.8 cm³/mol. The monoisotopic (exact) mass is 180 g/mol. The summed E-state index contributed by atoms with van der Waals surface area (Å²) in [6.45, 7) is 0.0787. The molecule has 0 aliphatic rings. The highest BCUT2D eigenvalue weighted by molar-refractivity contribution is 5.76. The van der Waals surface area contributed by atoms with Gasteiger partial charge < -0.3 is 10.1 Å². The number of aliphatic hydroxyl groups excluding tert-OH is 1. The van der Waals surface area contributed by atoms with Crippen molar-refractivity contribution >= 4 is 11.0 Å². The van der Waals surface area contributed by atoms with E-state index in [0.29, 0.717) is 12.1 Å². The molecule has 2 N–H and O–H groups in total. The molecule has 0 unspecified atom stereocenters. The first-order chi connectivity index (χ1) is 6.29. The number of aliphatic hydroxyl groups is 1. The predicted octanol–water partition coefficient (Wildman–Crippen LogP) is 1.24. The highest BCUT2D eigenvalue weighted by Gasteiger charge is 2.01. The summed E-state index contributed by atoms with van der Waals surface area (Å²) in [5.74, 6) is -0.345. The van der Waals surface area contributed by atoms with Gasteiger partial charge in [-0.05, 0) is 12.1 Å². The molecule has 0 aliphatic carbocycles. The first kappa shape index (κ1) is 8.19. The van der Waals surface area contributed by atoms with Gasteiger partial charge in [0, 0.05) is 24.1 Å². The van der Waals surface area contributed by atoms with E-state index in [2.05, 4.69) is 9.97 Å². The fraction of sp³-hybridized carbons (Fsp3) is 0.222. The molecule has 0 amide bonds. The number of nitrogens with zero attached hydrogens (tertiary/aromatic N) is 1. The maximum absolute atomic E-state index is 12.7. The molecule has 0 atom stereocenters. The molecule has 0 spiro atoms. The van der Waals surface area contributed by atoms with Gasteiger partial charge in [-0.15, -0.1) is 0 Å². The van der Waals surface area contributed by atoms with Gasteiger partial charge in [0.05, 0.1) is 6.20 Å². The van der Waals surface area contributed by atoms with Crippen molar-refractivity contribution in [2.45, 2.75) is 6.42 Å². The third-order valence-electron chi connectivity index (χ3n) is 1.87. The van der Waals surface area contributed by atoms with Gasteiger partial charge in [-0.2, -0.15) is 0 Å². The van der Waals surface area contributed by atoms with Crippen molar-refractivity contribution in [2.24, 2.45) is 0 Å². The number of halogens is 1. The zero-order valence-corrected chi connectivity index (χ0v) is 6.92. The molecule has 4 heteroatoms. The topological polar surface area (TPSA) is 48.9 Å². The van der Waals surface area contributed by atoms with Crippen LogP contribution in [0.25, 0.3) is 11.0 Å². The molecular weight excluding hydrogens is 171 g/mol. The van der Waals surface area contributed by atoms with Gasteiger partial charge in [-0.25, -0.2) is 9.37 Å². The summed E-state index contributed by atoms with van der Waals surface area (Å²) in [6, 6.07) is 3.21. The second-order valence-corrected chi connectivity index (χ2v) is 2.86. The minimum absolute atomic E-state index is 0.0787. The van der Waals surface area contributed by atoms with Crippen LogP contribution in [0.15, 0.2) is 18.3 Å². The number of pyridine rings is 1. The average Bonchev–Trinajstić information content (AvgIpc) is 2.46. The Kier molecular flexibility index (Phi) is 1.98. The molecule has 0 fully saturated rings. The maximum Gasteiger partial charge on any atom is 0.142 e. The first-order valence-electron chi connectivity index (χ1n) is 4.03. The largest absolute Gasteiger partial charge is 0.396 e. The molecule has 0 saturated carbocycles. The van der Waals surface area contributed by atoms with E-state index >= 15 is 0 Å². The number of rotatable bonds is 2. The van der Waals surface area contributed by atoms with Gasteiger partial charge in [0.2, 0.25) is 0 Å². The number of H-pyrrole nitrogens is 1. The molecule has 68 valence electrons. The van der Waals surface area contributed by atoms with Crippen LogP contribution < -0.4 is 0 Å². The first-order valence-corrected chi connectivity index (χ1v) is 4.03. The van der Waals surface area contributed by atoms with Crippen molar-refractivity contribution in [3.63, 3.8) is 0 Å². The van der Waals surface area contributed by atoms with Crippen LogP contribution in [0.4, 0.5) is 4.39 Å². The lowest BCUT2D eigenvalue weighted by Gasteiger charge is -1.88. The van der Waals surface area contributed by atoms with E-state index in [1.165, 1.54) is 12.3 Å². The number of hydrogen-bond acceptors (Lipinski definition) is 2. The molecule has 2 rings (SSSR count). The van der Waals surface area contributed by atoms with Crippen LogP contribution in [0.1, 0.15) is 5.69 Å². The van der Waals surface area contributed by atoms with Gasteiger partial charge >= 0.3 is 0 Å². The van der Waals surface area contributed by atoms with E-state index in [0.717, 1.165) is 11.1 Å². The zero-order chi connectivity index (χ0) is 9.26. The Labute approximate surface area is 74.2 Å². The lowest BCUT2D eigenvalue weighted by Crippen LogP contribution is -1.89. The molecule has 0 radical (unpaired) electrons. The quantitative estimate of drug-likeness (QED) is 0.730. The minimum atomic E-state index is -0.345. The Bertz CT molecular complexity index is 424. The van der Waals surface area contributed by atoms with Crippen LogP contribution in [0, 0.1) is 5.82 Å². The molecular formula is C9H9FN2O. The molecule has 2 aromatic heterocycles. The number of hydrogen-bond donors (Lipinski definition) is 2. The molecule has 2 heterocycles. The summed E-state index contributed by atoms with van der Waals surface area (Å²) in [4.78, 5) is 6.86.